The van der Waals surface area contributed by atoms with Crippen molar-refractivity contribution in [3.05, 3.63) is 28.8 Å². The number of nitrogens with one attached hydrogen (secondary N) is 5. The van der Waals surface area contributed by atoms with Crippen LogP contribution in [0.25, 0.3) is 0 Å². The van der Waals surface area contributed by atoms with Crippen LogP contribution in [0.15, 0.2) is 18.2 Å². The van der Waals surface area contributed by atoms with Crippen LogP contribution in [-0.4, -0.2) is 78.5 Å². The first-order chi connectivity index (χ1) is 18.6. The van der Waals surface area contributed by atoms with Gasteiger partial charge in [0.05, 0.1) is 28.5 Å². The molecule has 13 nitrogen and oxygen atoms in total. The number of carbonyl (C=O) groups is 5. The number of likely N-dealkylation sites (N-methyl/N-ethyl adjacent to an activating group) is 1. The molecule has 0 aromatic heterocycles. The topological polar surface area (TPSA) is 184 Å². The molecule has 1 aromatic carbocycles. The molecule has 0 spiro atoms. The van der Waals surface area contributed by atoms with Gasteiger partial charge in [-0.25, -0.2) is 14.4 Å². The van der Waals surface area contributed by atoms with E-state index in [9.17, 15) is 29.1 Å². The first kappa shape index (κ1) is 34.4. The molecular formula is C26H40ClN5O8. The van der Waals surface area contributed by atoms with Gasteiger partial charge in [0.2, 0.25) is 11.8 Å². The van der Waals surface area contributed by atoms with Crippen molar-refractivity contribution < 1.29 is 38.6 Å². The van der Waals surface area contributed by atoms with E-state index in [-0.39, 0.29) is 35.3 Å². The van der Waals surface area contributed by atoms with Gasteiger partial charge in [-0.05, 0) is 65.7 Å². The number of ether oxygens (including phenoxy) is 2. The van der Waals surface area contributed by atoms with Crippen molar-refractivity contribution in [3.8, 4) is 0 Å². The molecule has 0 heterocycles. The van der Waals surface area contributed by atoms with Crippen LogP contribution in [0.5, 0.6) is 0 Å². The van der Waals surface area contributed by atoms with Gasteiger partial charge >= 0.3 is 18.1 Å². The summed E-state index contributed by atoms with van der Waals surface area (Å²) in [6, 6.07) is 0.702. The summed E-state index contributed by atoms with van der Waals surface area (Å²) < 4.78 is 10.4. The second-order valence-corrected chi connectivity index (χ2v) is 10.4. The van der Waals surface area contributed by atoms with Crippen molar-refractivity contribution in [2.24, 2.45) is 0 Å². The number of rotatable bonds is 12. The third kappa shape index (κ3) is 12.1. The van der Waals surface area contributed by atoms with E-state index in [0.29, 0.717) is 6.42 Å². The maximum Gasteiger partial charge on any atom is 0.407 e. The molecule has 1 unspecified atom stereocenters. The van der Waals surface area contributed by atoms with Crippen molar-refractivity contribution >= 4 is 47.2 Å². The van der Waals surface area contributed by atoms with Crippen LogP contribution < -0.4 is 26.6 Å². The minimum absolute atomic E-state index is 0.00146. The molecular weight excluding hydrogens is 546 g/mol. The Kier molecular flexibility index (Phi) is 13.7. The summed E-state index contributed by atoms with van der Waals surface area (Å²) in [7, 11) is 1.37. The molecule has 0 aliphatic rings. The smallest absolute Gasteiger partial charge is 0.407 e. The van der Waals surface area contributed by atoms with Crippen LogP contribution in [0.3, 0.4) is 0 Å². The number of alkyl carbamates (subject to hydrolysis) is 1. The van der Waals surface area contributed by atoms with Crippen LogP contribution in [0.4, 0.5) is 15.3 Å². The fraction of sp³-hybridized carbons (Fsp3) is 0.577. The van der Waals surface area contributed by atoms with Crippen LogP contribution >= 0.6 is 11.6 Å². The van der Waals surface area contributed by atoms with Crippen LogP contribution in [-0.2, 0) is 19.1 Å². The molecule has 6 N–H and O–H groups in total. The Bertz CT molecular complexity index is 1060. The fourth-order valence-corrected chi connectivity index (χ4v) is 3.29. The molecule has 0 saturated heterocycles. The number of amides is 5. The van der Waals surface area contributed by atoms with Gasteiger partial charge in [0.25, 0.3) is 0 Å². The molecule has 0 bridgehead atoms. The molecule has 0 aliphatic carbocycles. The quantitative estimate of drug-likeness (QED) is 0.202. The van der Waals surface area contributed by atoms with Crippen molar-refractivity contribution in [1.29, 1.82) is 0 Å². The number of esters is 1. The standard InChI is InChI=1S/C26H40ClN5O8/c1-8-14(2)39-23(36)16-9-10-17(27)19(13-16)31-24(37)32-20(15(3)33)22(35)30-18(21(34)28-7)11-12-29-25(38)40-26(4,5)6/h9-10,13-15,18,20,33H,8,11-12H2,1-7H3,(H,28,34)(H,29,38)(H,30,35)(H2,31,32,37)/t14?,15-,18+,20+/m1/s1. The number of hydrogen-bond donors (Lipinski definition) is 6. The van der Waals surface area contributed by atoms with Crippen molar-refractivity contribution in [3.63, 3.8) is 0 Å². The number of carbonyl (C=O) groups excluding carboxylic acids is 5. The molecule has 1 aromatic rings. The lowest BCUT2D eigenvalue weighted by atomic mass is 10.1. The average Bonchev–Trinajstić information content (AvgIpc) is 2.85. The van der Waals surface area contributed by atoms with Gasteiger partial charge < -0.3 is 41.2 Å². The summed E-state index contributed by atoms with van der Waals surface area (Å²) in [4.78, 5) is 62.2. The first-order valence-corrected chi connectivity index (χ1v) is 13.2. The highest BCUT2D eigenvalue weighted by Crippen LogP contribution is 2.24. The highest BCUT2D eigenvalue weighted by Gasteiger charge is 2.30. The van der Waals surface area contributed by atoms with Crippen LogP contribution in [0.2, 0.25) is 5.02 Å². The molecule has 14 heteroatoms. The molecule has 0 radical (unpaired) electrons. The number of benzene rings is 1. The summed E-state index contributed by atoms with van der Waals surface area (Å²) in [5, 5.41) is 22.4. The Balaban J connectivity index is 2.89. The lowest BCUT2D eigenvalue weighted by Gasteiger charge is -2.25. The number of aliphatic hydroxyl groups excluding tert-OH is 1. The van der Waals surface area contributed by atoms with E-state index in [1.54, 1.807) is 27.7 Å². The third-order valence-corrected chi connectivity index (χ3v) is 5.70. The van der Waals surface area contributed by atoms with E-state index in [4.69, 9.17) is 21.1 Å². The molecule has 0 fully saturated rings. The van der Waals surface area contributed by atoms with Gasteiger partial charge in [-0.15, -0.1) is 0 Å². The normalized spacial score (nSPS) is 14.0. The van der Waals surface area contributed by atoms with Crippen molar-refractivity contribution in [1.82, 2.24) is 21.3 Å². The van der Waals surface area contributed by atoms with Gasteiger partial charge in [0.1, 0.15) is 17.7 Å². The molecule has 1 rings (SSSR count). The lowest BCUT2D eigenvalue weighted by molar-refractivity contribution is -0.131. The van der Waals surface area contributed by atoms with Gasteiger partial charge in [-0.3, -0.25) is 9.59 Å². The minimum atomic E-state index is -1.47. The largest absolute Gasteiger partial charge is 0.459 e. The van der Waals surface area contributed by atoms with Gasteiger partial charge in [-0.1, -0.05) is 18.5 Å². The van der Waals surface area contributed by atoms with E-state index in [1.165, 1.54) is 32.2 Å². The Morgan fingerprint density at radius 3 is 2.25 bits per heavy atom. The molecule has 5 amide bonds. The highest BCUT2D eigenvalue weighted by molar-refractivity contribution is 6.33. The maximum atomic E-state index is 12.9. The Morgan fingerprint density at radius 2 is 1.70 bits per heavy atom. The zero-order chi connectivity index (χ0) is 30.6. The summed E-state index contributed by atoms with van der Waals surface area (Å²) in [5.74, 6) is -2.01. The summed E-state index contributed by atoms with van der Waals surface area (Å²) in [6.45, 7) is 9.98. The molecule has 0 aliphatic heterocycles. The van der Waals surface area contributed by atoms with E-state index in [2.05, 4.69) is 26.6 Å². The Hall–Kier alpha value is -3.58. The lowest BCUT2D eigenvalue weighted by Crippen LogP contribution is -2.57. The predicted molar refractivity (Wildman–Crippen MR) is 149 cm³/mol. The SMILES string of the molecule is CCC(C)OC(=O)c1ccc(Cl)c(NC(=O)N[C@H](C(=O)N[C@@H](CCNC(=O)OC(C)(C)C)C(=O)NC)[C@@H](C)O)c1. The number of anilines is 1. The monoisotopic (exact) mass is 585 g/mol. The van der Waals surface area contributed by atoms with Crippen molar-refractivity contribution in [2.45, 2.75) is 84.3 Å². The first-order valence-electron chi connectivity index (χ1n) is 12.8. The Labute approximate surface area is 239 Å². The zero-order valence-electron chi connectivity index (χ0n) is 23.8. The highest BCUT2D eigenvalue weighted by atomic mass is 35.5. The van der Waals surface area contributed by atoms with Gasteiger partial charge in [0.15, 0.2) is 0 Å². The Morgan fingerprint density at radius 1 is 1.05 bits per heavy atom. The van der Waals surface area contributed by atoms with Gasteiger partial charge in [-0.2, -0.15) is 0 Å². The van der Waals surface area contributed by atoms with E-state index < -0.39 is 53.7 Å². The second kappa shape index (κ2) is 15.9. The number of halogens is 1. The molecule has 224 valence electrons. The maximum absolute atomic E-state index is 12.9. The zero-order valence-corrected chi connectivity index (χ0v) is 24.6. The molecule has 4 atom stereocenters. The summed E-state index contributed by atoms with van der Waals surface area (Å²) >= 11 is 6.16. The van der Waals surface area contributed by atoms with Crippen LogP contribution in [0, 0.1) is 0 Å². The number of aliphatic hydroxyl groups is 1. The minimum Gasteiger partial charge on any atom is -0.459 e. The van der Waals surface area contributed by atoms with Gasteiger partial charge in [0, 0.05) is 13.6 Å². The molecule has 0 saturated carbocycles. The van der Waals surface area contributed by atoms with E-state index in [1.807, 2.05) is 6.92 Å². The van der Waals surface area contributed by atoms with E-state index in [0.717, 1.165) is 0 Å². The average molecular weight is 586 g/mol. The van der Waals surface area contributed by atoms with Crippen molar-refractivity contribution in [2.75, 3.05) is 18.9 Å². The summed E-state index contributed by atoms with van der Waals surface area (Å²) in [5.41, 5.74) is -0.491. The van der Waals surface area contributed by atoms with E-state index >= 15 is 0 Å². The number of hydrogen-bond acceptors (Lipinski definition) is 8. The van der Waals surface area contributed by atoms with Crippen LogP contribution in [0.1, 0.15) is 64.7 Å². The predicted octanol–water partition coefficient (Wildman–Crippen LogP) is 2.31. The third-order valence-electron chi connectivity index (χ3n) is 5.37. The summed E-state index contributed by atoms with van der Waals surface area (Å²) in [6.07, 6.45) is -1.73. The number of urea groups is 1. The molecule has 40 heavy (non-hydrogen) atoms. The second-order valence-electron chi connectivity index (χ2n) is 10.0. The fourth-order valence-electron chi connectivity index (χ4n) is 3.12.